The van der Waals surface area contributed by atoms with E-state index >= 15 is 0 Å². The van der Waals surface area contributed by atoms with E-state index in [1.807, 2.05) is 0 Å². The zero-order chi connectivity index (χ0) is 9.97. The molecule has 2 aliphatic rings. The average Bonchev–Trinajstić information content (AvgIpc) is 2.35. The van der Waals surface area contributed by atoms with Gasteiger partial charge in [0.1, 0.15) is 6.10 Å². The first-order chi connectivity index (χ1) is 6.74. The highest BCUT2D eigenvalue weighted by molar-refractivity contribution is 5.66. The zero-order valence-corrected chi connectivity index (χ0v) is 9.00. The van der Waals surface area contributed by atoms with E-state index in [-0.39, 0.29) is 12.1 Å². The van der Waals surface area contributed by atoms with Gasteiger partial charge in [0.25, 0.3) is 0 Å². The van der Waals surface area contributed by atoms with Gasteiger partial charge in [0.05, 0.1) is 0 Å². The number of esters is 1. The Bertz CT molecular complexity index is 198. The number of fused-ring (bicyclic) bond motifs is 3. The van der Waals surface area contributed by atoms with Crippen molar-refractivity contribution in [1.82, 2.24) is 0 Å². The largest absolute Gasteiger partial charge is 0.463 e. The molecule has 0 spiro atoms. The molecule has 0 aromatic heterocycles. The zero-order valence-electron chi connectivity index (χ0n) is 9.00. The normalized spacial score (nSPS) is 37.4. The molecule has 2 atom stereocenters. The Kier molecular flexibility index (Phi) is 3.09. The lowest BCUT2D eigenvalue weighted by Crippen LogP contribution is -2.22. The fourth-order valence-electron chi connectivity index (χ4n) is 3.10. The maximum atomic E-state index is 10.9. The molecule has 2 fully saturated rings. The van der Waals surface area contributed by atoms with Crippen molar-refractivity contribution in [3.63, 3.8) is 0 Å². The Labute approximate surface area is 86.0 Å². The molecule has 2 bridgehead atoms. The van der Waals surface area contributed by atoms with Crippen LogP contribution in [-0.4, -0.2) is 12.1 Å². The molecule has 0 heterocycles. The van der Waals surface area contributed by atoms with Crippen LogP contribution in [-0.2, 0) is 9.53 Å². The van der Waals surface area contributed by atoms with Crippen molar-refractivity contribution in [3.05, 3.63) is 0 Å². The van der Waals surface area contributed by atoms with Gasteiger partial charge in [-0.25, -0.2) is 0 Å². The summed E-state index contributed by atoms with van der Waals surface area (Å²) in [6, 6.07) is 0. The molecule has 0 aromatic carbocycles. The monoisotopic (exact) mass is 196 g/mol. The van der Waals surface area contributed by atoms with Crippen LogP contribution in [0.4, 0.5) is 0 Å². The van der Waals surface area contributed by atoms with E-state index in [1.165, 1.54) is 39.0 Å². The molecule has 2 heteroatoms. The van der Waals surface area contributed by atoms with Crippen LogP contribution in [0.1, 0.15) is 51.9 Å². The smallest absolute Gasteiger partial charge is 0.302 e. The van der Waals surface area contributed by atoms with Crippen LogP contribution in [0.25, 0.3) is 0 Å². The Morgan fingerprint density at radius 1 is 1.07 bits per heavy atom. The Morgan fingerprint density at radius 2 is 1.64 bits per heavy atom. The number of rotatable bonds is 1. The Morgan fingerprint density at radius 3 is 2.14 bits per heavy atom. The molecule has 0 aromatic rings. The lowest BCUT2D eigenvalue weighted by molar-refractivity contribution is -0.147. The van der Waals surface area contributed by atoms with Gasteiger partial charge in [-0.3, -0.25) is 4.79 Å². The van der Waals surface area contributed by atoms with E-state index in [4.69, 9.17) is 4.74 Å². The second-order valence-corrected chi connectivity index (χ2v) is 4.94. The van der Waals surface area contributed by atoms with Crippen molar-refractivity contribution >= 4 is 5.97 Å². The van der Waals surface area contributed by atoms with Crippen molar-refractivity contribution in [3.8, 4) is 0 Å². The number of carbonyl (C=O) groups is 1. The Hall–Kier alpha value is -0.530. The maximum absolute atomic E-state index is 10.9. The predicted octanol–water partition coefficient (Wildman–Crippen LogP) is 2.91. The van der Waals surface area contributed by atoms with Crippen molar-refractivity contribution in [2.75, 3.05) is 0 Å². The molecule has 0 radical (unpaired) electrons. The molecule has 2 aliphatic carbocycles. The van der Waals surface area contributed by atoms with Gasteiger partial charge in [0.2, 0.25) is 0 Å². The van der Waals surface area contributed by atoms with Crippen molar-refractivity contribution < 1.29 is 9.53 Å². The second-order valence-electron chi connectivity index (χ2n) is 4.94. The lowest BCUT2D eigenvalue weighted by atomic mass is 9.90. The summed E-state index contributed by atoms with van der Waals surface area (Å²) in [5.74, 6) is 1.55. The number of carbonyl (C=O) groups excluding carboxylic acids is 1. The van der Waals surface area contributed by atoms with Gasteiger partial charge < -0.3 is 4.74 Å². The van der Waals surface area contributed by atoms with Gasteiger partial charge in [-0.1, -0.05) is 32.1 Å². The topological polar surface area (TPSA) is 26.3 Å². The molecule has 2 nitrogen and oxygen atoms in total. The summed E-state index contributed by atoms with van der Waals surface area (Å²) >= 11 is 0. The third-order valence-electron chi connectivity index (χ3n) is 3.73. The highest BCUT2D eigenvalue weighted by atomic mass is 16.5. The van der Waals surface area contributed by atoms with Crippen molar-refractivity contribution in [1.29, 1.82) is 0 Å². The van der Waals surface area contributed by atoms with E-state index in [0.29, 0.717) is 0 Å². The van der Waals surface area contributed by atoms with Crippen molar-refractivity contribution in [2.24, 2.45) is 11.8 Å². The third kappa shape index (κ3) is 2.49. The first kappa shape index (κ1) is 10.0. The van der Waals surface area contributed by atoms with Gasteiger partial charge >= 0.3 is 5.97 Å². The van der Waals surface area contributed by atoms with Gasteiger partial charge in [-0.2, -0.15) is 0 Å². The minimum Gasteiger partial charge on any atom is -0.463 e. The van der Waals surface area contributed by atoms with Crippen LogP contribution in [0.5, 0.6) is 0 Å². The van der Waals surface area contributed by atoms with E-state index in [9.17, 15) is 4.79 Å². The fraction of sp³-hybridized carbons (Fsp3) is 0.917. The molecule has 80 valence electrons. The molecule has 2 rings (SSSR count). The number of hydrogen-bond donors (Lipinski definition) is 0. The molecule has 2 saturated carbocycles. The van der Waals surface area contributed by atoms with E-state index < -0.39 is 0 Å². The maximum Gasteiger partial charge on any atom is 0.302 e. The summed E-state index contributed by atoms with van der Waals surface area (Å²) in [7, 11) is 0. The molecular weight excluding hydrogens is 176 g/mol. The molecule has 0 N–H and O–H groups in total. The summed E-state index contributed by atoms with van der Waals surface area (Å²) in [6.45, 7) is 1.53. The van der Waals surface area contributed by atoms with Crippen LogP contribution < -0.4 is 0 Å². The molecule has 0 aliphatic heterocycles. The molecular formula is C12H20O2. The van der Waals surface area contributed by atoms with E-state index in [0.717, 1.165) is 24.7 Å². The van der Waals surface area contributed by atoms with Gasteiger partial charge in [-0.05, 0) is 24.7 Å². The molecule has 0 amide bonds. The van der Waals surface area contributed by atoms with E-state index in [1.54, 1.807) is 0 Å². The lowest BCUT2D eigenvalue weighted by Gasteiger charge is -2.23. The summed E-state index contributed by atoms with van der Waals surface area (Å²) in [5, 5.41) is 0. The summed E-state index contributed by atoms with van der Waals surface area (Å²) in [5.41, 5.74) is 0. The van der Waals surface area contributed by atoms with Crippen LogP contribution >= 0.6 is 0 Å². The molecule has 0 saturated heterocycles. The van der Waals surface area contributed by atoms with Gasteiger partial charge in [0.15, 0.2) is 0 Å². The molecule has 14 heavy (non-hydrogen) atoms. The van der Waals surface area contributed by atoms with Crippen LogP contribution in [0.3, 0.4) is 0 Å². The summed E-state index contributed by atoms with van der Waals surface area (Å²) in [6.07, 6.45) is 9.30. The first-order valence-corrected chi connectivity index (χ1v) is 5.91. The highest BCUT2D eigenvalue weighted by Crippen LogP contribution is 2.38. The number of ether oxygens (including phenoxy) is 1. The molecule has 2 unspecified atom stereocenters. The summed E-state index contributed by atoms with van der Waals surface area (Å²) < 4.78 is 5.37. The first-order valence-electron chi connectivity index (χ1n) is 5.91. The highest BCUT2D eigenvalue weighted by Gasteiger charge is 2.29. The van der Waals surface area contributed by atoms with Gasteiger partial charge in [-0.15, -0.1) is 0 Å². The Balaban J connectivity index is 1.97. The minimum atomic E-state index is -0.102. The van der Waals surface area contributed by atoms with Crippen molar-refractivity contribution in [2.45, 2.75) is 58.0 Å². The van der Waals surface area contributed by atoms with E-state index in [2.05, 4.69) is 0 Å². The third-order valence-corrected chi connectivity index (χ3v) is 3.73. The van der Waals surface area contributed by atoms with Crippen LogP contribution in [0.2, 0.25) is 0 Å². The SMILES string of the molecule is CC(=O)OC1CC2CCCC(CC2)C1. The summed E-state index contributed by atoms with van der Waals surface area (Å²) in [4.78, 5) is 10.9. The number of hydrogen-bond acceptors (Lipinski definition) is 2. The standard InChI is InChI=1S/C12H20O2/c1-9(13)14-12-7-10-3-2-4-11(8-12)6-5-10/h10-12H,2-8H2,1H3. The average molecular weight is 196 g/mol. The fourth-order valence-corrected chi connectivity index (χ4v) is 3.10. The predicted molar refractivity (Wildman–Crippen MR) is 54.9 cm³/mol. The van der Waals surface area contributed by atoms with Crippen LogP contribution in [0, 0.1) is 11.8 Å². The second kappa shape index (κ2) is 4.33. The van der Waals surface area contributed by atoms with Crippen LogP contribution in [0.15, 0.2) is 0 Å². The minimum absolute atomic E-state index is 0.102. The quantitative estimate of drug-likeness (QED) is 0.603. The van der Waals surface area contributed by atoms with Gasteiger partial charge in [0, 0.05) is 6.92 Å².